The highest BCUT2D eigenvalue weighted by atomic mass is 16.2. The maximum absolute atomic E-state index is 12.8. The van der Waals surface area contributed by atoms with Gasteiger partial charge in [-0.05, 0) is 48.2 Å². The Morgan fingerprint density at radius 3 is 2.41 bits per heavy atom. The second-order valence-corrected chi connectivity index (χ2v) is 7.04. The van der Waals surface area contributed by atoms with Gasteiger partial charge in [-0.1, -0.05) is 36.4 Å². The van der Waals surface area contributed by atoms with Gasteiger partial charge in [-0.2, -0.15) is 0 Å². The van der Waals surface area contributed by atoms with Gasteiger partial charge < -0.3 is 15.5 Å². The Bertz CT molecular complexity index is 932. The number of rotatable bonds is 7. The van der Waals surface area contributed by atoms with E-state index in [1.807, 2.05) is 49.4 Å². The van der Waals surface area contributed by atoms with E-state index in [0.29, 0.717) is 18.5 Å². The molecule has 0 saturated heterocycles. The highest BCUT2D eigenvalue weighted by Crippen LogP contribution is 2.15. The van der Waals surface area contributed by atoms with Gasteiger partial charge in [-0.25, -0.2) is 0 Å². The Morgan fingerprint density at radius 2 is 1.76 bits per heavy atom. The Labute approximate surface area is 171 Å². The van der Waals surface area contributed by atoms with E-state index in [2.05, 4.69) is 10.6 Å². The number of anilines is 1. The number of amides is 3. The summed E-state index contributed by atoms with van der Waals surface area (Å²) in [6, 6.07) is 15.0. The van der Waals surface area contributed by atoms with E-state index in [9.17, 15) is 14.4 Å². The van der Waals surface area contributed by atoms with Gasteiger partial charge in [-0.15, -0.1) is 0 Å². The van der Waals surface area contributed by atoms with Crippen molar-refractivity contribution in [2.24, 2.45) is 0 Å². The number of benzene rings is 2. The predicted octanol–water partition coefficient (Wildman–Crippen LogP) is 3.13. The van der Waals surface area contributed by atoms with Gasteiger partial charge in [0.05, 0.1) is 0 Å². The molecule has 0 aromatic heterocycles. The predicted molar refractivity (Wildman–Crippen MR) is 115 cm³/mol. The number of carbonyl (C=O) groups is 3. The third-order valence-electron chi connectivity index (χ3n) is 4.35. The molecule has 0 fully saturated rings. The van der Waals surface area contributed by atoms with Crippen molar-refractivity contribution in [3.05, 3.63) is 70.9 Å². The molecule has 0 radical (unpaired) electrons. The van der Waals surface area contributed by atoms with Crippen molar-refractivity contribution < 1.29 is 14.4 Å². The van der Waals surface area contributed by atoms with Gasteiger partial charge in [-0.3, -0.25) is 14.4 Å². The molecular weight excluding hydrogens is 366 g/mol. The molecule has 2 aromatic carbocycles. The molecule has 6 heteroatoms. The minimum Gasteiger partial charge on any atom is -0.349 e. The second-order valence-electron chi connectivity index (χ2n) is 7.04. The van der Waals surface area contributed by atoms with Gasteiger partial charge in [0.2, 0.25) is 11.8 Å². The lowest BCUT2D eigenvalue weighted by Gasteiger charge is -2.12. The van der Waals surface area contributed by atoms with E-state index >= 15 is 0 Å². The van der Waals surface area contributed by atoms with Gasteiger partial charge in [0, 0.05) is 33.1 Å². The number of nitrogens with zero attached hydrogens (tertiary/aromatic N) is 1. The zero-order valence-corrected chi connectivity index (χ0v) is 17.3. The summed E-state index contributed by atoms with van der Waals surface area (Å²) in [4.78, 5) is 37.7. The number of hydrogen-bond donors (Lipinski definition) is 2. The molecule has 0 spiro atoms. The van der Waals surface area contributed by atoms with Crippen molar-refractivity contribution in [3.63, 3.8) is 0 Å². The molecule has 29 heavy (non-hydrogen) atoms. The first-order valence-electron chi connectivity index (χ1n) is 9.41. The maximum atomic E-state index is 12.8. The van der Waals surface area contributed by atoms with Crippen molar-refractivity contribution in [2.75, 3.05) is 19.4 Å². The van der Waals surface area contributed by atoms with E-state index in [1.165, 1.54) is 6.92 Å². The van der Waals surface area contributed by atoms with Crippen LogP contribution >= 0.6 is 0 Å². The van der Waals surface area contributed by atoms with Crippen molar-refractivity contribution in [2.45, 2.75) is 26.7 Å². The average molecular weight is 393 g/mol. The fourth-order valence-electron chi connectivity index (χ4n) is 2.73. The minimum atomic E-state index is -0.412. The molecule has 152 valence electrons. The lowest BCUT2D eigenvalue weighted by Crippen LogP contribution is -2.29. The van der Waals surface area contributed by atoms with Crippen LogP contribution in [0, 0.1) is 6.92 Å². The molecule has 0 unspecified atom stereocenters. The second kappa shape index (κ2) is 10.2. The third-order valence-corrected chi connectivity index (χ3v) is 4.35. The third kappa shape index (κ3) is 6.92. The zero-order valence-electron chi connectivity index (χ0n) is 17.3. The van der Waals surface area contributed by atoms with Crippen LogP contribution in [0.5, 0.6) is 0 Å². The first-order chi connectivity index (χ1) is 13.8. The summed E-state index contributed by atoms with van der Waals surface area (Å²) in [5.41, 5.74) is 3.56. The van der Waals surface area contributed by atoms with Crippen molar-refractivity contribution >= 4 is 29.5 Å². The summed E-state index contributed by atoms with van der Waals surface area (Å²) in [6.07, 6.45) is 2.64. The number of aryl methyl sites for hydroxylation is 2. The molecule has 6 nitrogen and oxygen atoms in total. The molecule has 2 N–H and O–H groups in total. The molecule has 0 aliphatic carbocycles. The lowest BCUT2D eigenvalue weighted by atomic mass is 10.1. The summed E-state index contributed by atoms with van der Waals surface area (Å²) in [6.45, 7) is 3.30. The van der Waals surface area contributed by atoms with Crippen LogP contribution in [0.4, 0.5) is 5.69 Å². The number of carbonyl (C=O) groups excluding carboxylic acids is 3. The highest BCUT2D eigenvalue weighted by molar-refractivity contribution is 6.08. The maximum Gasteiger partial charge on any atom is 0.272 e. The molecule has 0 aliphatic heterocycles. The SMILES string of the molecule is CC(=O)N/C(=C\c1ccccc1C)C(=O)Nc1cccc(CCC(=O)N(C)C)c1. The topological polar surface area (TPSA) is 78.5 Å². The summed E-state index contributed by atoms with van der Waals surface area (Å²) < 4.78 is 0. The number of nitrogens with one attached hydrogen (secondary N) is 2. The van der Waals surface area contributed by atoms with E-state index in [4.69, 9.17) is 0 Å². The Hall–Kier alpha value is -3.41. The monoisotopic (exact) mass is 393 g/mol. The summed E-state index contributed by atoms with van der Waals surface area (Å²) in [7, 11) is 3.45. The van der Waals surface area contributed by atoms with Crippen molar-refractivity contribution in [1.29, 1.82) is 0 Å². The van der Waals surface area contributed by atoms with Gasteiger partial charge in [0.25, 0.3) is 5.91 Å². The van der Waals surface area contributed by atoms with E-state index in [-0.39, 0.29) is 17.5 Å². The van der Waals surface area contributed by atoms with E-state index in [1.54, 1.807) is 31.1 Å². The first-order valence-corrected chi connectivity index (χ1v) is 9.41. The van der Waals surface area contributed by atoms with Crippen LogP contribution in [0.25, 0.3) is 6.08 Å². The smallest absolute Gasteiger partial charge is 0.272 e. The first kappa shape index (κ1) is 21.9. The van der Waals surface area contributed by atoms with Crippen LogP contribution in [0.3, 0.4) is 0 Å². The normalized spacial score (nSPS) is 11.0. The Balaban J connectivity index is 2.17. The molecule has 0 atom stereocenters. The van der Waals surface area contributed by atoms with Crippen LogP contribution in [-0.4, -0.2) is 36.7 Å². The van der Waals surface area contributed by atoms with Crippen LogP contribution in [-0.2, 0) is 20.8 Å². The molecular formula is C23H27N3O3. The molecule has 2 aromatic rings. The van der Waals surface area contributed by atoms with Gasteiger partial charge >= 0.3 is 0 Å². The van der Waals surface area contributed by atoms with E-state index in [0.717, 1.165) is 16.7 Å². The molecule has 3 amide bonds. The summed E-state index contributed by atoms with van der Waals surface area (Å²) >= 11 is 0. The number of hydrogen-bond acceptors (Lipinski definition) is 3. The molecule has 0 aliphatic rings. The van der Waals surface area contributed by atoms with Crippen molar-refractivity contribution in [3.8, 4) is 0 Å². The molecule has 0 bridgehead atoms. The largest absolute Gasteiger partial charge is 0.349 e. The molecule has 0 saturated carbocycles. The lowest BCUT2D eigenvalue weighted by molar-refractivity contribution is -0.128. The Kier molecular flexibility index (Phi) is 7.71. The summed E-state index contributed by atoms with van der Waals surface area (Å²) in [5, 5.41) is 5.42. The zero-order chi connectivity index (χ0) is 21.4. The van der Waals surface area contributed by atoms with E-state index < -0.39 is 5.91 Å². The fourth-order valence-corrected chi connectivity index (χ4v) is 2.73. The fraction of sp³-hybridized carbons (Fsp3) is 0.261. The quantitative estimate of drug-likeness (QED) is 0.710. The van der Waals surface area contributed by atoms with Crippen LogP contribution in [0.2, 0.25) is 0 Å². The van der Waals surface area contributed by atoms with Crippen molar-refractivity contribution in [1.82, 2.24) is 10.2 Å². The van der Waals surface area contributed by atoms with Crippen LogP contribution < -0.4 is 10.6 Å². The Morgan fingerprint density at radius 1 is 1.03 bits per heavy atom. The standard InChI is InChI=1S/C23H27N3O3/c1-16-8-5-6-10-19(16)15-21(24-17(2)27)23(29)25-20-11-7-9-18(14-20)12-13-22(28)26(3)4/h5-11,14-15H,12-13H2,1-4H3,(H,24,27)(H,25,29)/b21-15-. The average Bonchev–Trinajstić information content (AvgIpc) is 2.67. The summed E-state index contributed by atoms with van der Waals surface area (Å²) in [5.74, 6) is -0.686. The van der Waals surface area contributed by atoms with Crippen LogP contribution in [0.15, 0.2) is 54.2 Å². The molecule has 2 rings (SSSR count). The molecule has 0 heterocycles. The minimum absolute atomic E-state index is 0.0496. The van der Waals surface area contributed by atoms with Gasteiger partial charge in [0.15, 0.2) is 0 Å². The highest BCUT2D eigenvalue weighted by Gasteiger charge is 2.13. The van der Waals surface area contributed by atoms with Gasteiger partial charge in [0.1, 0.15) is 5.70 Å². The van der Waals surface area contributed by atoms with Crippen LogP contribution in [0.1, 0.15) is 30.0 Å².